The van der Waals surface area contributed by atoms with E-state index in [1.165, 1.54) is 27.8 Å². The van der Waals surface area contributed by atoms with Crippen molar-refractivity contribution in [2.24, 2.45) is 0 Å². The van der Waals surface area contributed by atoms with Gasteiger partial charge < -0.3 is 14.6 Å². The molecule has 3 nitrogen and oxygen atoms in total. The summed E-state index contributed by atoms with van der Waals surface area (Å²) in [5, 5.41) is 1.37. The lowest BCUT2D eigenvalue weighted by Crippen LogP contribution is -2.25. The molecule has 0 radical (unpaired) electrons. The predicted octanol–water partition coefficient (Wildman–Crippen LogP) is 3.15. The van der Waals surface area contributed by atoms with Crippen LogP contribution < -0.4 is 0 Å². The van der Waals surface area contributed by atoms with Gasteiger partial charge in [-0.2, -0.15) is 0 Å². The van der Waals surface area contributed by atoms with E-state index in [2.05, 4.69) is 40.5 Å². The third kappa shape index (κ3) is 2.87. The molecule has 0 amide bonds. The standard InChI is InChI=1S/C16H22N2OS/c1-19-13-6-8-18(11-13)7-5-12-10-17-16-4-3-14(20-2)9-15(12)16/h3-4,9-10,13,17H,5-8,11H2,1-2H3/t13-/m0/s1. The Balaban J connectivity index is 1.68. The van der Waals surface area contributed by atoms with Crippen LogP contribution in [0.15, 0.2) is 29.3 Å². The van der Waals surface area contributed by atoms with Crippen LogP contribution in [0.1, 0.15) is 12.0 Å². The van der Waals surface area contributed by atoms with E-state index >= 15 is 0 Å². The van der Waals surface area contributed by atoms with E-state index in [0.29, 0.717) is 6.10 Å². The van der Waals surface area contributed by atoms with Gasteiger partial charge in [0.1, 0.15) is 0 Å². The Morgan fingerprint density at radius 3 is 3.10 bits per heavy atom. The van der Waals surface area contributed by atoms with Gasteiger partial charge in [-0.3, -0.25) is 0 Å². The first kappa shape index (κ1) is 14.0. The van der Waals surface area contributed by atoms with E-state index in [4.69, 9.17) is 4.74 Å². The van der Waals surface area contributed by atoms with Gasteiger partial charge in [0, 0.05) is 48.7 Å². The second-order valence-corrected chi connectivity index (χ2v) is 6.30. The highest BCUT2D eigenvalue weighted by Gasteiger charge is 2.21. The lowest BCUT2D eigenvalue weighted by Gasteiger charge is -2.15. The number of aromatic amines is 1. The monoisotopic (exact) mass is 290 g/mol. The van der Waals surface area contributed by atoms with E-state index in [1.54, 1.807) is 11.8 Å². The van der Waals surface area contributed by atoms with E-state index in [9.17, 15) is 0 Å². The Morgan fingerprint density at radius 2 is 2.35 bits per heavy atom. The first-order valence-electron chi connectivity index (χ1n) is 7.19. The van der Waals surface area contributed by atoms with Gasteiger partial charge in [0.05, 0.1) is 6.10 Å². The number of nitrogens with zero attached hydrogens (tertiary/aromatic N) is 1. The summed E-state index contributed by atoms with van der Waals surface area (Å²) in [6.45, 7) is 3.36. The minimum atomic E-state index is 0.432. The van der Waals surface area contributed by atoms with Crippen LogP contribution in [-0.2, 0) is 11.2 Å². The van der Waals surface area contributed by atoms with Crippen molar-refractivity contribution in [3.8, 4) is 0 Å². The summed E-state index contributed by atoms with van der Waals surface area (Å²) in [7, 11) is 1.82. The zero-order valence-corrected chi connectivity index (χ0v) is 13.0. The van der Waals surface area contributed by atoms with Gasteiger partial charge in [-0.05, 0) is 42.9 Å². The largest absolute Gasteiger partial charge is 0.380 e. The van der Waals surface area contributed by atoms with Crippen molar-refractivity contribution in [2.45, 2.75) is 23.8 Å². The Bertz CT molecular complexity index is 581. The highest BCUT2D eigenvalue weighted by Crippen LogP contribution is 2.25. The van der Waals surface area contributed by atoms with Gasteiger partial charge in [0.2, 0.25) is 0 Å². The minimum absolute atomic E-state index is 0.432. The molecule has 0 spiro atoms. The molecule has 1 saturated heterocycles. The van der Waals surface area contributed by atoms with E-state index in [0.717, 1.165) is 26.1 Å². The van der Waals surface area contributed by atoms with Crippen LogP contribution in [0.25, 0.3) is 10.9 Å². The number of nitrogens with one attached hydrogen (secondary N) is 1. The molecule has 0 unspecified atom stereocenters. The Kier molecular flexibility index (Phi) is 4.34. The van der Waals surface area contributed by atoms with Crippen LogP contribution in [0.2, 0.25) is 0 Å². The van der Waals surface area contributed by atoms with Crippen LogP contribution in [0.5, 0.6) is 0 Å². The third-order valence-corrected chi connectivity index (χ3v) is 4.96. The zero-order chi connectivity index (χ0) is 13.9. The smallest absolute Gasteiger partial charge is 0.0710 e. The summed E-state index contributed by atoms with van der Waals surface area (Å²) in [5.41, 5.74) is 2.67. The fraction of sp³-hybridized carbons (Fsp3) is 0.500. The third-order valence-electron chi connectivity index (χ3n) is 4.23. The molecule has 20 heavy (non-hydrogen) atoms. The summed E-state index contributed by atoms with van der Waals surface area (Å²) in [6, 6.07) is 6.66. The fourth-order valence-electron chi connectivity index (χ4n) is 2.96. The fourth-order valence-corrected chi connectivity index (χ4v) is 3.40. The van der Waals surface area contributed by atoms with Crippen LogP contribution in [0.4, 0.5) is 0 Å². The van der Waals surface area contributed by atoms with Gasteiger partial charge in [0.25, 0.3) is 0 Å². The Hall–Kier alpha value is -0.970. The van der Waals surface area contributed by atoms with Gasteiger partial charge in [-0.1, -0.05) is 0 Å². The maximum Gasteiger partial charge on any atom is 0.0710 e. The Labute approximate surface area is 124 Å². The first-order chi connectivity index (χ1) is 9.80. The number of likely N-dealkylation sites (tertiary alicyclic amines) is 1. The molecule has 4 heteroatoms. The topological polar surface area (TPSA) is 28.3 Å². The van der Waals surface area contributed by atoms with Gasteiger partial charge in [-0.15, -0.1) is 11.8 Å². The predicted molar refractivity (Wildman–Crippen MR) is 85.6 cm³/mol. The highest BCUT2D eigenvalue weighted by atomic mass is 32.2. The molecule has 1 aliphatic heterocycles. The molecule has 0 saturated carbocycles. The second-order valence-electron chi connectivity index (χ2n) is 5.42. The molecule has 1 atom stereocenters. The van der Waals surface area contributed by atoms with Crippen molar-refractivity contribution >= 4 is 22.7 Å². The number of rotatable bonds is 5. The number of H-pyrrole nitrogens is 1. The van der Waals surface area contributed by atoms with Gasteiger partial charge in [0.15, 0.2) is 0 Å². The van der Waals surface area contributed by atoms with Crippen molar-refractivity contribution in [3.05, 3.63) is 30.0 Å². The molecule has 1 aromatic heterocycles. The summed E-state index contributed by atoms with van der Waals surface area (Å²) in [4.78, 5) is 7.22. The number of ether oxygens (including phenoxy) is 1. The summed E-state index contributed by atoms with van der Waals surface area (Å²) in [6.07, 6.45) is 7.00. The SMILES string of the molecule is CO[C@H]1CCN(CCc2c[nH]c3ccc(SC)cc23)C1. The molecule has 2 heterocycles. The molecule has 108 valence electrons. The molecule has 1 aromatic carbocycles. The summed E-state index contributed by atoms with van der Waals surface area (Å²) >= 11 is 1.80. The number of methoxy groups -OCH3 is 1. The highest BCUT2D eigenvalue weighted by molar-refractivity contribution is 7.98. The molecule has 2 aromatic rings. The maximum absolute atomic E-state index is 5.43. The number of hydrogen-bond donors (Lipinski definition) is 1. The molecule has 3 rings (SSSR count). The maximum atomic E-state index is 5.43. The van der Waals surface area contributed by atoms with Gasteiger partial charge in [-0.25, -0.2) is 0 Å². The van der Waals surface area contributed by atoms with Crippen LogP contribution in [-0.4, -0.2) is 49.0 Å². The average molecular weight is 290 g/mol. The van der Waals surface area contributed by atoms with Crippen molar-refractivity contribution < 1.29 is 4.74 Å². The molecule has 1 N–H and O–H groups in total. The van der Waals surface area contributed by atoms with E-state index in [1.807, 2.05) is 7.11 Å². The van der Waals surface area contributed by atoms with E-state index < -0.39 is 0 Å². The van der Waals surface area contributed by atoms with Crippen molar-refractivity contribution in [2.75, 3.05) is 33.0 Å². The van der Waals surface area contributed by atoms with Crippen molar-refractivity contribution in [3.63, 3.8) is 0 Å². The first-order valence-corrected chi connectivity index (χ1v) is 8.42. The zero-order valence-electron chi connectivity index (χ0n) is 12.2. The molecular weight excluding hydrogens is 268 g/mol. The molecule has 0 aliphatic carbocycles. The number of benzene rings is 1. The van der Waals surface area contributed by atoms with Crippen LogP contribution >= 0.6 is 11.8 Å². The van der Waals surface area contributed by atoms with Gasteiger partial charge >= 0.3 is 0 Å². The molecule has 0 bridgehead atoms. The summed E-state index contributed by atoms with van der Waals surface area (Å²) in [5.74, 6) is 0. The van der Waals surface area contributed by atoms with Crippen molar-refractivity contribution in [1.82, 2.24) is 9.88 Å². The molecule has 1 aliphatic rings. The van der Waals surface area contributed by atoms with Crippen molar-refractivity contribution in [1.29, 1.82) is 0 Å². The Morgan fingerprint density at radius 1 is 1.45 bits per heavy atom. The average Bonchev–Trinajstić information content (AvgIpc) is 3.11. The molecular formula is C16H22N2OS. The van der Waals surface area contributed by atoms with E-state index in [-0.39, 0.29) is 0 Å². The summed E-state index contributed by atoms with van der Waals surface area (Å²) < 4.78 is 5.43. The molecule has 1 fully saturated rings. The number of thioether (sulfide) groups is 1. The normalized spacial score (nSPS) is 20.0. The van der Waals surface area contributed by atoms with Crippen LogP contribution in [0.3, 0.4) is 0 Å². The lowest BCUT2D eigenvalue weighted by molar-refractivity contribution is 0.108. The number of aromatic nitrogens is 1. The minimum Gasteiger partial charge on any atom is -0.380 e. The second kappa shape index (κ2) is 6.20. The number of hydrogen-bond acceptors (Lipinski definition) is 3. The lowest BCUT2D eigenvalue weighted by atomic mass is 10.1. The van der Waals surface area contributed by atoms with Crippen LogP contribution in [0, 0.1) is 0 Å². The number of fused-ring (bicyclic) bond motifs is 1. The quantitative estimate of drug-likeness (QED) is 0.858.